The molecule has 0 saturated carbocycles. The van der Waals surface area contributed by atoms with Crippen molar-refractivity contribution in [3.63, 3.8) is 0 Å². The number of nitrogen functional groups attached to an aromatic ring is 1. The molecule has 1 rings (SSSR count). The predicted molar refractivity (Wildman–Crippen MR) is 69.1 cm³/mol. The second kappa shape index (κ2) is 6.37. The minimum Gasteiger partial charge on any atom is -0.487 e. The number of nitrogens with one attached hydrogen (secondary N) is 1. The van der Waals surface area contributed by atoms with Gasteiger partial charge in [0.2, 0.25) is 0 Å². The number of hydrogen-bond donors (Lipinski definition) is 2. The van der Waals surface area contributed by atoms with Crippen LogP contribution < -0.4 is 15.8 Å². The van der Waals surface area contributed by atoms with Crippen LogP contribution in [0.5, 0.6) is 5.75 Å². The fraction of sp³-hybridized carbons (Fsp3) is 0.154. The molecule has 0 aliphatic heterocycles. The van der Waals surface area contributed by atoms with Crippen LogP contribution in [0.1, 0.15) is 10.4 Å². The molecular weight excluding hydrogens is 216 g/mol. The molecule has 0 unspecified atom stereocenters. The summed E-state index contributed by atoms with van der Waals surface area (Å²) in [5.74, 6) is 0.358. The van der Waals surface area contributed by atoms with Crippen LogP contribution in [-0.2, 0) is 0 Å². The van der Waals surface area contributed by atoms with Crippen molar-refractivity contribution in [2.24, 2.45) is 0 Å². The van der Waals surface area contributed by atoms with Gasteiger partial charge in [0.25, 0.3) is 5.91 Å². The highest BCUT2D eigenvalue weighted by molar-refractivity contribution is 5.95. The van der Waals surface area contributed by atoms with Crippen molar-refractivity contribution in [1.82, 2.24) is 5.32 Å². The first-order chi connectivity index (χ1) is 8.19. The zero-order valence-corrected chi connectivity index (χ0v) is 9.61. The molecule has 90 valence electrons. The van der Waals surface area contributed by atoms with Gasteiger partial charge in [-0.1, -0.05) is 18.7 Å². The second-order valence-electron chi connectivity index (χ2n) is 3.35. The van der Waals surface area contributed by atoms with Gasteiger partial charge in [-0.15, -0.1) is 6.58 Å². The number of anilines is 1. The molecule has 1 aromatic carbocycles. The van der Waals surface area contributed by atoms with E-state index in [4.69, 9.17) is 10.5 Å². The third-order valence-corrected chi connectivity index (χ3v) is 2.04. The molecule has 1 amide bonds. The van der Waals surface area contributed by atoms with Gasteiger partial charge in [-0.05, 0) is 18.2 Å². The summed E-state index contributed by atoms with van der Waals surface area (Å²) >= 11 is 0. The lowest BCUT2D eigenvalue weighted by Gasteiger charge is -2.08. The number of benzene rings is 1. The molecule has 0 aromatic heterocycles. The highest BCUT2D eigenvalue weighted by Gasteiger charge is 2.07. The topological polar surface area (TPSA) is 64.3 Å². The Bertz CT molecular complexity index is 427. The van der Waals surface area contributed by atoms with Gasteiger partial charge in [0.05, 0.1) is 5.69 Å². The Morgan fingerprint density at radius 1 is 1.41 bits per heavy atom. The molecule has 3 N–H and O–H groups in total. The number of carbonyl (C=O) groups is 1. The van der Waals surface area contributed by atoms with Crippen LogP contribution >= 0.6 is 0 Å². The van der Waals surface area contributed by atoms with Gasteiger partial charge in [0, 0.05) is 12.1 Å². The summed E-state index contributed by atoms with van der Waals surface area (Å²) in [5, 5.41) is 2.67. The van der Waals surface area contributed by atoms with Gasteiger partial charge in [-0.3, -0.25) is 4.79 Å². The van der Waals surface area contributed by atoms with E-state index in [2.05, 4.69) is 18.5 Å². The summed E-state index contributed by atoms with van der Waals surface area (Å²) in [6.45, 7) is 7.87. The molecule has 4 heteroatoms. The molecule has 0 spiro atoms. The zero-order chi connectivity index (χ0) is 12.7. The molecule has 0 fully saturated rings. The quantitative estimate of drug-likeness (QED) is 0.580. The van der Waals surface area contributed by atoms with Crippen LogP contribution in [0.4, 0.5) is 5.69 Å². The fourth-order valence-electron chi connectivity index (χ4n) is 1.24. The predicted octanol–water partition coefficient (Wildman–Crippen LogP) is 1.75. The second-order valence-corrected chi connectivity index (χ2v) is 3.35. The van der Waals surface area contributed by atoms with Crippen molar-refractivity contribution >= 4 is 11.6 Å². The highest BCUT2D eigenvalue weighted by atomic mass is 16.5. The fourth-order valence-corrected chi connectivity index (χ4v) is 1.24. The molecule has 0 heterocycles. The Morgan fingerprint density at radius 2 is 2.18 bits per heavy atom. The number of rotatable bonds is 6. The Hall–Kier alpha value is -2.23. The molecule has 0 atom stereocenters. The van der Waals surface area contributed by atoms with Gasteiger partial charge in [0.15, 0.2) is 0 Å². The summed E-state index contributed by atoms with van der Waals surface area (Å²) in [4.78, 5) is 11.6. The van der Waals surface area contributed by atoms with Crippen molar-refractivity contribution in [2.45, 2.75) is 0 Å². The summed E-state index contributed by atoms with van der Waals surface area (Å²) in [6, 6.07) is 4.91. The molecule has 17 heavy (non-hydrogen) atoms. The van der Waals surface area contributed by atoms with E-state index in [0.717, 1.165) is 0 Å². The molecule has 4 nitrogen and oxygen atoms in total. The molecule has 0 radical (unpaired) electrons. The van der Waals surface area contributed by atoms with Crippen LogP contribution in [-0.4, -0.2) is 19.1 Å². The van der Waals surface area contributed by atoms with Crippen molar-refractivity contribution in [2.75, 3.05) is 18.9 Å². The Balaban J connectivity index is 2.76. The van der Waals surface area contributed by atoms with E-state index in [-0.39, 0.29) is 5.91 Å². The third kappa shape index (κ3) is 3.68. The summed E-state index contributed by atoms with van der Waals surface area (Å²) in [6.07, 6.45) is 3.24. The molecular formula is C13H16N2O2. The number of ether oxygens (including phenoxy) is 1. The average molecular weight is 232 g/mol. The largest absolute Gasteiger partial charge is 0.487 e. The van der Waals surface area contributed by atoms with E-state index in [9.17, 15) is 4.79 Å². The van der Waals surface area contributed by atoms with E-state index in [1.807, 2.05) is 0 Å². The Kier molecular flexibility index (Phi) is 4.81. The van der Waals surface area contributed by atoms with E-state index < -0.39 is 0 Å². The maximum Gasteiger partial charge on any atom is 0.251 e. The number of hydrogen-bond acceptors (Lipinski definition) is 3. The van der Waals surface area contributed by atoms with Crippen LogP contribution in [0, 0.1) is 0 Å². The SMILES string of the molecule is C=CCNC(=O)c1ccc(OCC=C)c(N)c1. The molecule has 1 aromatic rings. The lowest BCUT2D eigenvalue weighted by atomic mass is 10.1. The van der Waals surface area contributed by atoms with Crippen molar-refractivity contribution in [3.05, 3.63) is 49.1 Å². The first kappa shape index (κ1) is 12.8. The first-order valence-electron chi connectivity index (χ1n) is 5.21. The van der Waals surface area contributed by atoms with E-state index in [0.29, 0.717) is 30.2 Å². The minimum atomic E-state index is -0.188. The Morgan fingerprint density at radius 3 is 2.76 bits per heavy atom. The van der Waals surface area contributed by atoms with Crippen LogP contribution in [0.15, 0.2) is 43.5 Å². The van der Waals surface area contributed by atoms with Gasteiger partial charge in [0.1, 0.15) is 12.4 Å². The highest BCUT2D eigenvalue weighted by Crippen LogP contribution is 2.22. The molecule has 0 bridgehead atoms. The lowest BCUT2D eigenvalue weighted by molar-refractivity contribution is 0.0958. The summed E-state index contributed by atoms with van der Waals surface area (Å²) in [7, 11) is 0. The summed E-state index contributed by atoms with van der Waals surface area (Å²) < 4.78 is 5.31. The normalized spacial score (nSPS) is 9.41. The van der Waals surface area contributed by atoms with Crippen molar-refractivity contribution in [1.29, 1.82) is 0 Å². The number of amides is 1. The Labute approximate surface area is 101 Å². The van der Waals surface area contributed by atoms with Gasteiger partial charge in [-0.2, -0.15) is 0 Å². The van der Waals surface area contributed by atoms with Crippen molar-refractivity contribution in [3.8, 4) is 5.75 Å². The van der Waals surface area contributed by atoms with E-state index >= 15 is 0 Å². The average Bonchev–Trinajstić information content (AvgIpc) is 2.34. The maximum atomic E-state index is 11.6. The van der Waals surface area contributed by atoms with Crippen LogP contribution in [0.25, 0.3) is 0 Å². The number of nitrogens with two attached hydrogens (primary N) is 1. The summed E-state index contributed by atoms with van der Waals surface area (Å²) in [5.41, 5.74) is 6.69. The van der Waals surface area contributed by atoms with Gasteiger partial charge < -0.3 is 15.8 Å². The standard InChI is InChI=1S/C13H16N2O2/c1-3-7-15-13(16)10-5-6-12(11(14)9-10)17-8-4-2/h3-6,9H,1-2,7-8,14H2,(H,15,16). The maximum absolute atomic E-state index is 11.6. The molecule has 0 aliphatic carbocycles. The first-order valence-corrected chi connectivity index (χ1v) is 5.21. The minimum absolute atomic E-state index is 0.188. The lowest BCUT2D eigenvalue weighted by Crippen LogP contribution is -2.23. The smallest absolute Gasteiger partial charge is 0.251 e. The molecule has 0 aliphatic rings. The zero-order valence-electron chi connectivity index (χ0n) is 9.61. The third-order valence-electron chi connectivity index (χ3n) is 2.04. The van der Waals surface area contributed by atoms with Crippen LogP contribution in [0.2, 0.25) is 0 Å². The van der Waals surface area contributed by atoms with Crippen LogP contribution in [0.3, 0.4) is 0 Å². The van der Waals surface area contributed by atoms with Gasteiger partial charge in [-0.25, -0.2) is 0 Å². The number of carbonyl (C=O) groups excluding carboxylic acids is 1. The monoisotopic (exact) mass is 232 g/mol. The molecule has 0 saturated heterocycles. The van der Waals surface area contributed by atoms with Crippen molar-refractivity contribution < 1.29 is 9.53 Å². The van der Waals surface area contributed by atoms with Gasteiger partial charge >= 0.3 is 0 Å². The van der Waals surface area contributed by atoms with E-state index in [1.165, 1.54) is 0 Å². The van der Waals surface area contributed by atoms with E-state index in [1.54, 1.807) is 30.4 Å².